The Balaban J connectivity index is 1.98. The average Bonchev–Trinajstić information content (AvgIpc) is 3.18. The maximum atomic E-state index is 11.4. The monoisotopic (exact) mass is 313 g/mol. The van der Waals surface area contributed by atoms with Crippen molar-refractivity contribution in [2.45, 2.75) is 30.7 Å². The summed E-state index contributed by atoms with van der Waals surface area (Å²) >= 11 is 7.86. The molecule has 0 bridgehead atoms. The SMILES string of the molecule is CNCc1cc(Cl)ccc1SCC1(CC(=O)OC)CC1. The number of esters is 1. The van der Waals surface area contributed by atoms with Crippen LogP contribution in [-0.4, -0.2) is 25.9 Å². The van der Waals surface area contributed by atoms with Crippen molar-refractivity contribution in [2.24, 2.45) is 5.41 Å². The highest BCUT2D eigenvalue weighted by Crippen LogP contribution is 2.52. The van der Waals surface area contributed by atoms with Crippen molar-refractivity contribution < 1.29 is 9.53 Å². The molecule has 1 fully saturated rings. The van der Waals surface area contributed by atoms with Gasteiger partial charge in [-0.05, 0) is 49.1 Å². The highest BCUT2D eigenvalue weighted by Gasteiger charge is 2.44. The summed E-state index contributed by atoms with van der Waals surface area (Å²) in [5.74, 6) is 0.857. The van der Waals surface area contributed by atoms with Crippen LogP contribution in [0.4, 0.5) is 0 Å². The molecule has 0 radical (unpaired) electrons. The third-order valence-corrected chi connectivity index (χ3v) is 5.33. The lowest BCUT2D eigenvalue weighted by Gasteiger charge is -2.15. The Morgan fingerprint density at radius 3 is 2.85 bits per heavy atom. The second-order valence-electron chi connectivity index (χ2n) is 5.32. The molecule has 0 saturated heterocycles. The maximum Gasteiger partial charge on any atom is 0.306 e. The Kier molecular flexibility index (Phi) is 5.35. The van der Waals surface area contributed by atoms with Crippen molar-refractivity contribution in [3.8, 4) is 0 Å². The largest absolute Gasteiger partial charge is 0.469 e. The molecule has 20 heavy (non-hydrogen) atoms. The van der Waals surface area contributed by atoms with Gasteiger partial charge in [-0.25, -0.2) is 0 Å². The van der Waals surface area contributed by atoms with Crippen LogP contribution >= 0.6 is 23.4 Å². The lowest BCUT2D eigenvalue weighted by molar-refractivity contribution is -0.141. The molecule has 110 valence electrons. The van der Waals surface area contributed by atoms with Crippen molar-refractivity contribution in [1.82, 2.24) is 5.32 Å². The summed E-state index contributed by atoms with van der Waals surface area (Å²) in [6.07, 6.45) is 2.76. The first-order valence-corrected chi connectivity index (χ1v) is 8.07. The highest BCUT2D eigenvalue weighted by molar-refractivity contribution is 7.99. The van der Waals surface area contributed by atoms with Gasteiger partial charge < -0.3 is 10.1 Å². The van der Waals surface area contributed by atoms with Crippen molar-refractivity contribution in [3.05, 3.63) is 28.8 Å². The Morgan fingerprint density at radius 2 is 2.25 bits per heavy atom. The van der Waals surface area contributed by atoms with E-state index in [2.05, 4.69) is 11.4 Å². The van der Waals surface area contributed by atoms with E-state index in [4.69, 9.17) is 16.3 Å². The number of hydrogen-bond donors (Lipinski definition) is 1. The summed E-state index contributed by atoms with van der Waals surface area (Å²) in [5, 5.41) is 3.92. The second-order valence-corrected chi connectivity index (χ2v) is 6.78. The minimum Gasteiger partial charge on any atom is -0.469 e. The molecule has 5 heteroatoms. The van der Waals surface area contributed by atoms with Crippen molar-refractivity contribution in [3.63, 3.8) is 0 Å². The van der Waals surface area contributed by atoms with E-state index in [1.807, 2.05) is 30.9 Å². The Labute approximate surface area is 129 Å². The first-order valence-electron chi connectivity index (χ1n) is 6.71. The lowest BCUT2D eigenvalue weighted by atomic mass is 10.1. The molecule has 2 rings (SSSR count). The van der Waals surface area contributed by atoms with Gasteiger partial charge in [0.25, 0.3) is 0 Å². The quantitative estimate of drug-likeness (QED) is 0.617. The smallest absolute Gasteiger partial charge is 0.306 e. The van der Waals surface area contributed by atoms with Crippen LogP contribution in [0.15, 0.2) is 23.1 Å². The van der Waals surface area contributed by atoms with E-state index in [9.17, 15) is 4.79 Å². The van der Waals surface area contributed by atoms with E-state index in [-0.39, 0.29) is 11.4 Å². The molecule has 3 nitrogen and oxygen atoms in total. The fourth-order valence-electron chi connectivity index (χ4n) is 2.18. The summed E-state index contributed by atoms with van der Waals surface area (Å²) in [6, 6.07) is 5.98. The third kappa shape index (κ3) is 4.14. The first-order chi connectivity index (χ1) is 9.58. The summed E-state index contributed by atoms with van der Waals surface area (Å²) in [5.41, 5.74) is 1.35. The van der Waals surface area contributed by atoms with Gasteiger partial charge in [-0.2, -0.15) is 0 Å². The summed E-state index contributed by atoms with van der Waals surface area (Å²) in [4.78, 5) is 12.7. The Morgan fingerprint density at radius 1 is 1.50 bits per heavy atom. The van der Waals surface area contributed by atoms with Crippen LogP contribution in [0.3, 0.4) is 0 Å². The molecule has 1 aliphatic rings. The minimum atomic E-state index is -0.102. The van der Waals surface area contributed by atoms with Crippen molar-refractivity contribution in [2.75, 3.05) is 19.9 Å². The van der Waals surface area contributed by atoms with Crippen LogP contribution in [0.25, 0.3) is 0 Å². The van der Waals surface area contributed by atoms with E-state index < -0.39 is 0 Å². The van der Waals surface area contributed by atoms with Crippen LogP contribution < -0.4 is 5.32 Å². The molecule has 1 aromatic carbocycles. The number of carbonyl (C=O) groups excluding carboxylic acids is 1. The normalized spacial score (nSPS) is 15.9. The molecule has 0 amide bonds. The number of ether oxygens (including phenoxy) is 1. The number of thioether (sulfide) groups is 1. The lowest BCUT2D eigenvalue weighted by Crippen LogP contribution is -2.13. The first kappa shape index (κ1) is 15.7. The molecule has 1 N–H and O–H groups in total. The minimum absolute atomic E-state index is 0.102. The molecule has 1 saturated carbocycles. The topological polar surface area (TPSA) is 38.3 Å². The van der Waals surface area contributed by atoms with Crippen LogP contribution in [-0.2, 0) is 16.1 Å². The highest BCUT2D eigenvalue weighted by atomic mass is 35.5. The molecule has 0 heterocycles. The van der Waals surface area contributed by atoms with E-state index in [1.165, 1.54) is 17.6 Å². The number of rotatable bonds is 7. The fraction of sp³-hybridized carbons (Fsp3) is 0.533. The zero-order chi connectivity index (χ0) is 14.6. The zero-order valence-corrected chi connectivity index (χ0v) is 13.4. The third-order valence-electron chi connectivity index (χ3n) is 3.63. The molecule has 0 aromatic heterocycles. The van der Waals surface area contributed by atoms with Gasteiger partial charge in [0, 0.05) is 22.2 Å². The van der Waals surface area contributed by atoms with Crippen molar-refractivity contribution >= 4 is 29.3 Å². The standard InChI is InChI=1S/C15H20ClNO2S/c1-17-9-11-7-12(16)3-4-13(11)20-10-15(5-6-15)8-14(18)19-2/h3-4,7,17H,5-6,8-10H2,1-2H3. The molecule has 0 atom stereocenters. The van der Waals surface area contributed by atoms with E-state index in [1.54, 1.807) is 0 Å². The summed E-state index contributed by atoms with van der Waals surface area (Å²) in [6.45, 7) is 0.799. The summed E-state index contributed by atoms with van der Waals surface area (Å²) in [7, 11) is 3.38. The molecular formula is C15H20ClNO2S. The Hall–Kier alpha value is -0.710. The maximum absolute atomic E-state index is 11.4. The van der Waals surface area contributed by atoms with E-state index >= 15 is 0 Å². The molecule has 0 spiro atoms. The van der Waals surface area contributed by atoms with Gasteiger partial charge in [0.15, 0.2) is 0 Å². The van der Waals surface area contributed by atoms with Crippen LogP contribution in [0, 0.1) is 5.41 Å². The number of halogens is 1. The molecule has 1 aliphatic carbocycles. The molecule has 0 unspecified atom stereocenters. The number of nitrogens with one attached hydrogen (secondary N) is 1. The number of hydrogen-bond acceptors (Lipinski definition) is 4. The van der Waals surface area contributed by atoms with Gasteiger partial charge in [0.2, 0.25) is 0 Å². The van der Waals surface area contributed by atoms with Gasteiger partial charge in [-0.1, -0.05) is 11.6 Å². The second kappa shape index (κ2) is 6.83. The Bertz CT molecular complexity index is 489. The summed E-state index contributed by atoms with van der Waals surface area (Å²) < 4.78 is 4.78. The van der Waals surface area contributed by atoms with Crippen LogP contribution in [0.2, 0.25) is 5.02 Å². The zero-order valence-electron chi connectivity index (χ0n) is 11.9. The predicted octanol–water partition coefficient (Wildman–Crippen LogP) is 3.49. The molecule has 1 aromatic rings. The van der Waals surface area contributed by atoms with Gasteiger partial charge in [-0.3, -0.25) is 4.79 Å². The van der Waals surface area contributed by atoms with Gasteiger partial charge >= 0.3 is 5.97 Å². The van der Waals surface area contributed by atoms with Gasteiger partial charge in [-0.15, -0.1) is 11.8 Å². The fourth-order valence-corrected chi connectivity index (χ4v) is 3.70. The number of methoxy groups -OCH3 is 1. The van der Waals surface area contributed by atoms with Crippen LogP contribution in [0.5, 0.6) is 0 Å². The van der Waals surface area contributed by atoms with E-state index in [0.717, 1.165) is 30.2 Å². The van der Waals surface area contributed by atoms with Gasteiger partial charge in [0.1, 0.15) is 0 Å². The van der Waals surface area contributed by atoms with Crippen molar-refractivity contribution in [1.29, 1.82) is 0 Å². The molecular weight excluding hydrogens is 294 g/mol. The molecule has 0 aliphatic heterocycles. The number of carbonyl (C=O) groups is 1. The van der Waals surface area contributed by atoms with Gasteiger partial charge in [0.05, 0.1) is 13.5 Å². The number of benzene rings is 1. The average molecular weight is 314 g/mol. The van der Waals surface area contributed by atoms with Crippen LogP contribution in [0.1, 0.15) is 24.8 Å². The van der Waals surface area contributed by atoms with E-state index in [0.29, 0.717) is 6.42 Å². The predicted molar refractivity (Wildman–Crippen MR) is 83.2 cm³/mol.